The second-order valence-electron chi connectivity index (χ2n) is 5.12. The fourth-order valence-electron chi connectivity index (χ4n) is 2.36. The molecule has 2 N–H and O–H groups in total. The summed E-state index contributed by atoms with van der Waals surface area (Å²) in [5.41, 5.74) is 1.00. The fourth-order valence-corrected chi connectivity index (χ4v) is 2.36. The van der Waals surface area contributed by atoms with Crippen LogP contribution in [0.2, 0.25) is 0 Å². The monoisotopic (exact) mass is 299 g/mol. The highest BCUT2D eigenvalue weighted by Crippen LogP contribution is 2.23. The van der Waals surface area contributed by atoms with Gasteiger partial charge < -0.3 is 5.32 Å². The van der Waals surface area contributed by atoms with Crippen LogP contribution in [-0.4, -0.2) is 26.6 Å². The smallest absolute Gasteiger partial charge is 0.245 e. The van der Waals surface area contributed by atoms with E-state index in [0.29, 0.717) is 24.7 Å². The van der Waals surface area contributed by atoms with Crippen molar-refractivity contribution < 1.29 is 9.59 Å². The van der Waals surface area contributed by atoms with E-state index >= 15 is 0 Å². The lowest BCUT2D eigenvalue weighted by atomic mass is 10.1. The van der Waals surface area contributed by atoms with E-state index in [9.17, 15) is 9.59 Å². The Morgan fingerprint density at radius 3 is 2.91 bits per heavy atom. The SMILES string of the molecule is CCc1nc2n(n1)[C@@H](C(=O)NCc1ccccc1)CC(=O)N2. The van der Waals surface area contributed by atoms with Gasteiger partial charge >= 0.3 is 0 Å². The Hall–Kier alpha value is -2.70. The van der Waals surface area contributed by atoms with E-state index in [1.807, 2.05) is 37.3 Å². The van der Waals surface area contributed by atoms with Gasteiger partial charge in [0.1, 0.15) is 6.04 Å². The van der Waals surface area contributed by atoms with Crippen LogP contribution >= 0.6 is 0 Å². The summed E-state index contributed by atoms with van der Waals surface area (Å²) in [5.74, 6) is 0.501. The number of anilines is 1. The van der Waals surface area contributed by atoms with E-state index in [1.165, 1.54) is 4.68 Å². The molecule has 1 aromatic carbocycles. The molecule has 2 aromatic rings. The number of hydrogen-bond acceptors (Lipinski definition) is 4. The fraction of sp³-hybridized carbons (Fsp3) is 0.333. The number of aromatic nitrogens is 3. The zero-order valence-electron chi connectivity index (χ0n) is 12.2. The lowest BCUT2D eigenvalue weighted by Crippen LogP contribution is -2.39. The van der Waals surface area contributed by atoms with Crippen LogP contribution in [0.3, 0.4) is 0 Å². The molecule has 22 heavy (non-hydrogen) atoms. The number of nitrogens with one attached hydrogen (secondary N) is 2. The topological polar surface area (TPSA) is 88.9 Å². The molecule has 0 radical (unpaired) electrons. The average molecular weight is 299 g/mol. The molecule has 1 atom stereocenters. The van der Waals surface area contributed by atoms with Crippen LogP contribution in [0, 0.1) is 0 Å². The number of carbonyl (C=O) groups is 2. The molecule has 7 heteroatoms. The van der Waals surface area contributed by atoms with Gasteiger partial charge in [0, 0.05) is 13.0 Å². The third kappa shape index (κ3) is 2.83. The summed E-state index contributed by atoms with van der Waals surface area (Å²) >= 11 is 0. The maximum atomic E-state index is 12.4. The van der Waals surface area contributed by atoms with Crippen LogP contribution < -0.4 is 10.6 Å². The molecule has 1 aromatic heterocycles. The Kier molecular flexibility index (Phi) is 3.86. The Labute approximate surface area is 127 Å². The molecule has 2 heterocycles. The first-order valence-corrected chi connectivity index (χ1v) is 7.24. The van der Waals surface area contributed by atoms with Gasteiger partial charge in [-0.2, -0.15) is 10.1 Å². The molecule has 7 nitrogen and oxygen atoms in total. The number of benzene rings is 1. The van der Waals surface area contributed by atoms with Crippen molar-refractivity contribution in [3.8, 4) is 0 Å². The molecule has 1 aliphatic heterocycles. The number of hydrogen-bond donors (Lipinski definition) is 2. The first-order chi connectivity index (χ1) is 10.7. The van der Waals surface area contributed by atoms with Crippen molar-refractivity contribution in [2.45, 2.75) is 32.4 Å². The summed E-state index contributed by atoms with van der Waals surface area (Å²) in [7, 11) is 0. The van der Waals surface area contributed by atoms with Crippen LogP contribution in [0.1, 0.15) is 30.8 Å². The normalized spacial score (nSPS) is 16.8. The minimum Gasteiger partial charge on any atom is -0.350 e. The first kappa shape index (κ1) is 14.2. The summed E-state index contributed by atoms with van der Waals surface area (Å²) < 4.78 is 1.50. The molecule has 0 aliphatic carbocycles. The van der Waals surface area contributed by atoms with E-state index in [4.69, 9.17) is 0 Å². The van der Waals surface area contributed by atoms with E-state index in [1.54, 1.807) is 0 Å². The molecule has 2 amide bonds. The highest BCUT2D eigenvalue weighted by molar-refractivity contribution is 5.96. The summed E-state index contributed by atoms with van der Waals surface area (Å²) in [4.78, 5) is 28.3. The van der Waals surface area contributed by atoms with Crippen molar-refractivity contribution >= 4 is 17.8 Å². The van der Waals surface area contributed by atoms with Gasteiger partial charge in [-0.05, 0) is 5.56 Å². The van der Waals surface area contributed by atoms with Crippen LogP contribution in [0.5, 0.6) is 0 Å². The molecule has 0 unspecified atom stereocenters. The third-order valence-corrected chi connectivity index (χ3v) is 3.53. The first-order valence-electron chi connectivity index (χ1n) is 7.24. The Balaban J connectivity index is 1.75. The van der Waals surface area contributed by atoms with Gasteiger partial charge in [-0.1, -0.05) is 37.3 Å². The summed E-state index contributed by atoms with van der Waals surface area (Å²) in [6.45, 7) is 2.34. The minimum atomic E-state index is -0.653. The summed E-state index contributed by atoms with van der Waals surface area (Å²) in [5, 5.41) is 9.78. The third-order valence-electron chi connectivity index (χ3n) is 3.53. The minimum absolute atomic E-state index is 0.0696. The molecular formula is C15H17N5O2. The van der Waals surface area contributed by atoms with Crippen LogP contribution in [0.25, 0.3) is 0 Å². The number of fused-ring (bicyclic) bond motifs is 1. The molecule has 0 fully saturated rings. The molecular weight excluding hydrogens is 282 g/mol. The maximum absolute atomic E-state index is 12.4. The van der Waals surface area contributed by atoms with E-state index in [2.05, 4.69) is 20.7 Å². The van der Waals surface area contributed by atoms with E-state index in [0.717, 1.165) is 5.56 Å². The van der Waals surface area contributed by atoms with Crippen molar-refractivity contribution in [1.29, 1.82) is 0 Å². The predicted molar refractivity (Wildman–Crippen MR) is 80.0 cm³/mol. The highest BCUT2D eigenvalue weighted by atomic mass is 16.2. The second kappa shape index (κ2) is 5.97. The summed E-state index contributed by atoms with van der Waals surface area (Å²) in [6, 6.07) is 8.97. The number of aryl methyl sites for hydroxylation is 1. The Morgan fingerprint density at radius 2 is 2.18 bits per heavy atom. The van der Waals surface area contributed by atoms with Gasteiger partial charge in [0.05, 0.1) is 6.42 Å². The van der Waals surface area contributed by atoms with Gasteiger partial charge in [0.15, 0.2) is 5.82 Å². The Morgan fingerprint density at radius 1 is 1.41 bits per heavy atom. The van der Waals surface area contributed by atoms with Crippen molar-refractivity contribution in [1.82, 2.24) is 20.1 Å². The standard InChI is InChI=1S/C15H17N5O2/c1-2-12-17-15-18-13(21)8-11(20(15)19-12)14(22)16-9-10-6-4-3-5-7-10/h3-7,11H,2,8-9H2,1H3,(H,16,22)(H,17,18,19,21)/t11-/m1/s1. The van der Waals surface area contributed by atoms with Crippen LogP contribution in [-0.2, 0) is 22.6 Å². The van der Waals surface area contributed by atoms with Crippen molar-refractivity contribution in [2.75, 3.05) is 5.32 Å². The molecule has 0 saturated carbocycles. The zero-order valence-corrected chi connectivity index (χ0v) is 12.2. The largest absolute Gasteiger partial charge is 0.350 e. The summed E-state index contributed by atoms with van der Waals surface area (Å²) in [6.07, 6.45) is 0.717. The van der Waals surface area contributed by atoms with E-state index < -0.39 is 6.04 Å². The number of amides is 2. The van der Waals surface area contributed by atoms with E-state index in [-0.39, 0.29) is 18.2 Å². The number of nitrogens with zero attached hydrogens (tertiary/aromatic N) is 3. The van der Waals surface area contributed by atoms with Gasteiger partial charge in [0.2, 0.25) is 17.8 Å². The molecule has 0 saturated heterocycles. The maximum Gasteiger partial charge on any atom is 0.245 e. The van der Waals surface area contributed by atoms with Crippen molar-refractivity contribution in [2.24, 2.45) is 0 Å². The van der Waals surface area contributed by atoms with Crippen LogP contribution in [0.15, 0.2) is 30.3 Å². The second-order valence-corrected chi connectivity index (χ2v) is 5.12. The average Bonchev–Trinajstić information content (AvgIpc) is 2.95. The zero-order chi connectivity index (χ0) is 15.5. The van der Waals surface area contributed by atoms with Crippen molar-refractivity contribution in [3.05, 3.63) is 41.7 Å². The lowest BCUT2D eigenvalue weighted by Gasteiger charge is -2.22. The number of carbonyl (C=O) groups excluding carboxylic acids is 2. The van der Waals surface area contributed by atoms with Gasteiger partial charge in [-0.25, -0.2) is 4.68 Å². The van der Waals surface area contributed by atoms with Gasteiger partial charge in [-0.15, -0.1) is 0 Å². The molecule has 0 spiro atoms. The van der Waals surface area contributed by atoms with Gasteiger partial charge in [-0.3, -0.25) is 14.9 Å². The molecule has 114 valence electrons. The van der Waals surface area contributed by atoms with Crippen molar-refractivity contribution in [3.63, 3.8) is 0 Å². The molecule has 0 bridgehead atoms. The number of rotatable bonds is 4. The molecule has 1 aliphatic rings. The Bertz CT molecular complexity index is 695. The predicted octanol–water partition coefficient (Wildman–Crippen LogP) is 1.04. The lowest BCUT2D eigenvalue weighted by molar-refractivity contribution is -0.129. The van der Waals surface area contributed by atoms with Crippen LogP contribution in [0.4, 0.5) is 5.95 Å². The highest BCUT2D eigenvalue weighted by Gasteiger charge is 2.32. The van der Waals surface area contributed by atoms with Gasteiger partial charge in [0.25, 0.3) is 0 Å². The molecule has 3 rings (SSSR count). The quantitative estimate of drug-likeness (QED) is 0.883.